The van der Waals surface area contributed by atoms with E-state index in [1.165, 1.54) is 6.07 Å². The van der Waals surface area contributed by atoms with Crippen LogP contribution in [-0.2, 0) is 0 Å². The predicted octanol–water partition coefficient (Wildman–Crippen LogP) is 4.09. The maximum absolute atomic E-state index is 13.1. The second kappa shape index (κ2) is 4.87. The van der Waals surface area contributed by atoms with Gasteiger partial charge in [-0.1, -0.05) is 22.9 Å². The SMILES string of the molecule is CCCSc1cc(Br)ccc1F. The van der Waals surface area contributed by atoms with Crippen molar-refractivity contribution in [3.8, 4) is 0 Å². The van der Waals surface area contributed by atoms with Gasteiger partial charge < -0.3 is 0 Å². The van der Waals surface area contributed by atoms with E-state index in [-0.39, 0.29) is 5.82 Å². The van der Waals surface area contributed by atoms with Gasteiger partial charge in [0.25, 0.3) is 0 Å². The summed E-state index contributed by atoms with van der Waals surface area (Å²) in [5.74, 6) is 0.838. The molecule has 0 saturated heterocycles. The average Bonchev–Trinajstić information content (AvgIpc) is 2.07. The van der Waals surface area contributed by atoms with Crippen molar-refractivity contribution in [1.29, 1.82) is 0 Å². The molecule has 0 aliphatic heterocycles. The molecule has 0 radical (unpaired) electrons. The zero-order valence-corrected chi connectivity index (χ0v) is 9.21. The summed E-state index contributed by atoms with van der Waals surface area (Å²) in [6.07, 6.45) is 1.07. The minimum Gasteiger partial charge on any atom is -0.206 e. The fraction of sp³-hybridized carbons (Fsp3) is 0.333. The average molecular weight is 249 g/mol. The van der Waals surface area contributed by atoms with Gasteiger partial charge in [-0.2, -0.15) is 0 Å². The zero-order valence-electron chi connectivity index (χ0n) is 6.81. The Morgan fingerprint density at radius 2 is 2.25 bits per heavy atom. The van der Waals surface area contributed by atoms with Gasteiger partial charge in [0, 0.05) is 9.37 Å². The predicted molar refractivity (Wildman–Crippen MR) is 55.1 cm³/mol. The smallest absolute Gasteiger partial charge is 0.136 e. The van der Waals surface area contributed by atoms with Crippen molar-refractivity contribution in [1.82, 2.24) is 0 Å². The van der Waals surface area contributed by atoms with Crippen molar-refractivity contribution in [3.63, 3.8) is 0 Å². The zero-order chi connectivity index (χ0) is 8.97. The molecular weight excluding hydrogens is 239 g/mol. The van der Waals surface area contributed by atoms with Crippen molar-refractivity contribution in [2.45, 2.75) is 18.2 Å². The van der Waals surface area contributed by atoms with Gasteiger partial charge in [0.1, 0.15) is 5.82 Å². The number of thioether (sulfide) groups is 1. The monoisotopic (exact) mass is 248 g/mol. The highest BCUT2D eigenvalue weighted by atomic mass is 79.9. The molecule has 0 N–H and O–H groups in total. The molecule has 0 nitrogen and oxygen atoms in total. The Kier molecular flexibility index (Phi) is 4.09. The van der Waals surface area contributed by atoms with Crippen molar-refractivity contribution in [3.05, 3.63) is 28.5 Å². The molecule has 1 aromatic carbocycles. The van der Waals surface area contributed by atoms with Gasteiger partial charge in [-0.15, -0.1) is 11.8 Å². The molecule has 0 spiro atoms. The van der Waals surface area contributed by atoms with Crippen molar-refractivity contribution in [2.75, 3.05) is 5.75 Å². The fourth-order valence-electron chi connectivity index (χ4n) is 0.800. The van der Waals surface area contributed by atoms with E-state index in [1.807, 2.05) is 6.07 Å². The van der Waals surface area contributed by atoms with Gasteiger partial charge in [0.05, 0.1) is 0 Å². The molecule has 1 aromatic rings. The molecule has 0 amide bonds. The van der Waals surface area contributed by atoms with Gasteiger partial charge >= 0.3 is 0 Å². The molecule has 0 atom stereocenters. The Bertz CT molecular complexity index is 263. The Morgan fingerprint density at radius 1 is 1.50 bits per heavy atom. The molecule has 12 heavy (non-hydrogen) atoms. The Morgan fingerprint density at radius 3 is 2.92 bits per heavy atom. The lowest BCUT2D eigenvalue weighted by molar-refractivity contribution is 0.601. The lowest BCUT2D eigenvalue weighted by atomic mass is 10.3. The molecule has 0 heterocycles. The summed E-state index contributed by atoms with van der Waals surface area (Å²) in [5.41, 5.74) is 0. The minimum absolute atomic E-state index is 0.128. The summed E-state index contributed by atoms with van der Waals surface area (Å²) >= 11 is 4.86. The summed E-state index contributed by atoms with van der Waals surface area (Å²) in [6, 6.07) is 5.02. The van der Waals surface area contributed by atoms with E-state index in [2.05, 4.69) is 22.9 Å². The first-order valence-electron chi connectivity index (χ1n) is 3.82. The molecule has 0 aliphatic rings. The fourth-order valence-corrected chi connectivity index (χ4v) is 2.15. The van der Waals surface area contributed by atoms with Crippen LogP contribution in [-0.4, -0.2) is 5.75 Å². The van der Waals surface area contributed by atoms with Crippen LogP contribution in [0.5, 0.6) is 0 Å². The topological polar surface area (TPSA) is 0 Å². The van der Waals surface area contributed by atoms with Crippen LogP contribution in [0.1, 0.15) is 13.3 Å². The molecule has 0 aliphatic carbocycles. The molecule has 0 fully saturated rings. The van der Waals surface area contributed by atoms with Gasteiger partial charge in [0.15, 0.2) is 0 Å². The van der Waals surface area contributed by atoms with E-state index in [1.54, 1.807) is 17.8 Å². The largest absolute Gasteiger partial charge is 0.206 e. The first-order chi connectivity index (χ1) is 5.74. The van der Waals surface area contributed by atoms with Gasteiger partial charge in [-0.05, 0) is 30.4 Å². The van der Waals surface area contributed by atoms with E-state index in [0.717, 1.165) is 21.5 Å². The summed E-state index contributed by atoms with van der Waals surface area (Å²) in [5, 5.41) is 0. The quantitative estimate of drug-likeness (QED) is 0.727. The van der Waals surface area contributed by atoms with E-state index in [4.69, 9.17) is 0 Å². The molecule has 3 heteroatoms. The molecule has 0 bridgehead atoms. The number of halogens is 2. The number of benzene rings is 1. The number of hydrogen-bond donors (Lipinski definition) is 0. The van der Waals surface area contributed by atoms with Crippen LogP contribution in [0.4, 0.5) is 4.39 Å². The number of rotatable bonds is 3. The second-order valence-electron chi connectivity index (χ2n) is 2.42. The molecule has 1 rings (SSSR count). The summed E-state index contributed by atoms with van der Waals surface area (Å²) in [6.45, 7) is 2.09. The Labute approximate surface area is 84.7 Å². The molecule has 66 valence electrons. The highest BCUT2D eigenvalue weighted by Crippen LogP contribution is 2.25. The van der Waals surface area contributed by atoms with Crippen molar-refractivity contribution >= 4 is 27.7 Å². The third-order valence-electron chi connectivity index (χ3n) is 1.35. The van der Waals surface area contributed by atoms with E-state index < -0.39 is 0 Å². The number of hydrogen-bond acceptors (Lipinski definition) is 1. The Hall–Kier alpha value is -0.0200. The van der Waals surface area contributed by atoms with E-state index in [9.17, 15) is 4.39 Å². The molecule has 0 aromatic heterocycles. The second-order valence-corrected chi connectivity index (χ2v) is 4.48. The standard InChI is InChI=1S/C9H10BrFS/c1-2-5-12-9-6-7(10)3-4-8(9)11/h3-4,6H,2,5H2,1H3. The van der Waals surface area contributed by atoms with Crippen LogP contribution >= 0.6 is 27.7 Å². The highest BCUT2D eigenvalue weighted by molar-refractivity contribution is 9.10. The maximum Gasteiger partial charge on any atom is 0.136 e. The first kappa shape index (κ1) is 10.1. The van der Waals surface area contributed by atoms with Crippen LogP contribution < -0.4 is 0 Å². The van der Waals surface area contributed by atoms with Crippen LogP contribution in [0, 0.1) is 5.82 Å². The highest BCUT2D eigenvalue weighted by Gasteiger charge is 2.01. The third-order valence-corrected chi connectivity index (χ3v) is 3.08. The summed E-state index contributed by atoms with van der Waals surface area (Å²) in [4.78, 5) is 0.728. The summed E-state index contributed by atoms with van der Waals surface area (Å²) < 4.78 is 14.0. The first-order valence-corrected chi connectivity index (χ1v) is 5.59. The van der Waals surface area contributed by atoms with Crippen LogP contribution in [0.2, 0.25) is 0 Å². The molecular formula is C9H10BrFS. The van der Waals surface area contributed by atoms with Gasteiger partial charge in [-0.3, -0.25) is 0 Å². The maximum atomic E-state index is 13.1. The molecule has 0 saturated carbocycles. The lowest BCUT2D eigenvalue weighted by Gasteiger charge is -2.01. The van der Waals surface area contributed by atoms with Crippen molar-refractivity contribution in [2.24, 2.45) is 0 Å². The van der Waals surface area contributed by atoms with E-state index >= 15 is 0 Å². The van der Waals surface area contributed by atoms with Crippen LogP contribution in [0.25, 0.3) is 0 Å². The third kappa shape index (κ3) is 2.79. The lowest BCUT2D eigenvalue weighted by Crippen LogP contribution is -1.82. The van der Waals surface area contributed by atoms with Gasteiger partial charge in [0.2, 0.25) is 0 Å². The van der Waals surface area contributed by atoms with Crippen LogP contribution in [0.15, 0.2) is 27.6 Å². The minimum atomic E-state index is -0.128. The Balaban J connectivity index is 2.75. The normalized spacial score (nSPS) is 10.2. The molecule has 0 unspecified atom stereocenters. The van der Waals surface area contributed by atoms with Crippen molar-refractivity contribution < 1.29 is 4.39 Å². The summed E-state index contributed by atoms with van der Waals surface area (Å²) in [7, 11) is 0. The van der Waals surface area contributed by atoms with Gasteiger partial charge in [-0.25, -0.2) is 4.39 Å². The van der Waals surface area contributed by atoms with E-state index in [0.29, 0.717) is 0 Å². The van der Waals surface area contributed by atoms with Crippen LogP contribution in [0.3, 0.4) is 0 Å².